The number of phenolic OH excluding ortho intramolecular Hbond substituents is 1. The van der Waals surface area contributed by atoms with E-state index in [0.29, 0.717) is 33.4 Å². The van der Waals surface area contributed by atoms with E-state index in [1.807, 2.05) is 31.2 Å². The van der Waals surface area contributed by atoms with Gasteiger partial charge in [0.05, 0.1) is 35.9 Å². The molecule has 3 aliphatic rings. The van der Waals surface area contributed by atoms with E-state index in [1.165, 1.54) is 39.2 Å². The lowest BCUT2D eigenvalue weighted by Gasteiger charge is -2.47. The van der Waals surface area contributed by atoms with Crippen molar-refractivity contribution in [3.63, 3.8) is 0 Å². The second kappa shape index (κ2) is 10.3. The number of aromatic hydroxyl groups is 1. The molecule has 2 amide bonds. The number of ether oxygens (including phenoxy) is 1. The Hall–Kier alpha value is -4.88. The molecule has 5 aromatic rings. The normalized spacial score (nSPS) is 23.3. The number of aromatic nitrogens is 5. The molecule has 1 aliphatic carbocycles. The van der Waals surface area contributed by atoms with Gasteiger partial charge < -0.3 is 9.84 Å². The molecule has 1 saturated heterocycles. The van der Waals surface area contributed by atoms with E-state index in [2.05, 4.69) is 0 Å². The lowest BCUT2D eigenvalue weighted by atomic mass is 9.56. The number of rotatable bonds is 4. The van der Waals surface area contributed by atoms with E-state index >= 15 is 0 Å². The van der Waals surface area contributed by atoms with Gasteiger partial charge in [-0.25, -0.2) is 28.4 Å². The summed E-state index contributed by atoms with van der Waals surface area (Å²) in [5.41, 5.74) is 0.394. The van der Waals surface area contributed by atoms with Gasteiger partial charge in [0, 0.05) is 47.4 Å². The van der Waals surface area contributed by atoms with Crippen molar-refractivity contribution in [2.75, 3.05) is 12.0 Å². The standard InChI is InChI=1S/C34H31ClN6O6S/c1-16-21-12-17(35)6-9-26(21)48-29(16)23-15-27(38(4)36-23)40-30(43)22-14-24-19(10-11-39-32(45)37(3)33(46)41(24)39)28(34(22,2)31(40)44)20-8-7-18(47-5)13-25(20)42/h6-10,12-13,15,22,24,28,42H,11,14H2,1-5H3/t22-,24+,28+,34+/m0/s1. The summed E-state index contributed by atoms with van der Waals surface area (Å²) in [6.07, 6.45) is 1.96. The van der Waals surface area contributed by atoms with Crippen molar-refractivity contribution in [2.24, 2.45) is 25.4 Å². The zero-order chi connectivity index (χ0) is 34.0. The highest BCUT2D eigenvalue weighted by Gasteiger charge is 2.66. The number of imide groups is 1. The summed E-state index contributed by atoms with van der Waals surface area (Å²) in [7, 11) is 4.60. The highest BCUT2D eigenvalue weighted by molar-refractivity contribution is 7.22. The molecule has 0 unspecified atom stereocenters. The van der Waals surface area contributed by atoms with E-state index in [-0.39, 0.29) is 18.7 Å². The number of hydrogen-bond donors (Lipinski definition) is 1. The second-order valence-corrected chi connectivity index (χ2v) is 14.4. The number of methoxy groups -OCH3 is 1. The van der Waals surface area contributed by atoms with Gasteiger partial charge in [0.15, 0.2) is 0 Å². The molecule has 5 heterocycles. The number of carbonyl (C=O) groups excluding carboxylic acids is 2. The van der Waals surface area contributed by atoms with Crippen molar-refractivity contribution in [3.05, 3.63) is 91.2 Å². The van der Waals surface area contributed by atoms with Gasteiger partial charge in [0.25, 0.3) is 0 Å². The van der Waals surface area contributed by atoms with Crippen LogP contribution in [0.15, 0.2) is 63.7 Å². The summed E-state index contributed by atoms with van der Waals surface area (Å²) in [6, 6.07) is 11.6. The predicted molar refractivity (Wildman–Crippen MR) is 181 cm³/mol. The first-order valence-electron chi connectivity index (χ1n) is 15.4. The topological polar surface area (TPSA) is 134 Å². The van der Waals surface area contributed by atoms with Crippen LogP contribution in [0.1, 0.15) is 36.4 Å². The molecule has 4 atom stereocenters. The summed E-state index contributed by atoms with van der Waals surface area (Å²) in [6.45, 7) is 3.86. The molecule has 48 heavy (non-hydrogen) atoms. The number of carbonyl (C=O) groups is 2. The molecule has 12 nitrogen and oxygen atoms in total. The van der Waals surface area contributed by atoms with E-state index in [4.69, 9.17) is 21.4 Å². The monoisotopic (exact) mass is 686 g/mol. The zero-order valence-electron chi connectivity index (χ0n) is 26.7. The fourth-order valence-corrected chi connectivity index (χ4v) is 9.38. The van der Waals surface area contributed by atoms with Gasteiger partial charge in [0.1, 0.15) is 23.0 Å². The van der Waals surface area contributed by atoms with E-state index in [0.717, 1.165) is 25.1 Å². The molecular formula is C34H31ClN6O6S. The minimum Gasteiger partial charge on any atom is -0.508 e. The Bertz CT molecular complexity index is 2400. The number of aryl methyl sites for hydroxylation is 2. The molecule has 0 bridgehead atoms. The Kier molecular flexibility index (Phi) is 6.54. The third-order valence-corrected chi connectivity index (χ3v) is 12.0. The number of allylic oxidation sites excluding steroid dienone is 2. The average molecular weight is 687 g/mol. The Morgan fingerprint density at radius 1 is 1.06 bits per heavy atom. The molecular weight excluding hydrogens is 656 g/mol. The second-order valence-electron chi connectivity index (χ2n) is 12.9. The number of thiophene rings is 1. The Morgan fingerprint density at radius 2 is 1.83 bits per heavy atom. The first-order valence-corrected chi connectivity index (χ1v) is 16.6. The molecule has 8 rings (SSSR count). The molecule has 0 spiro atoms. The molecule has 2 fully saturated rings. The summed E-state index contributed by atoms with van der Waals surface area (Å²) in [5, 5.41) is 17.7. The van der Waals surface area contributed by atoms with Crippen LogP contribution in [0.3, 0.4) is 0 Å². The molecule has 1 N–H and O–H groups in total. The lowest BCUT2D eigenvalue weighted by Crippen LogP contribution is -2.49. The third kappa shape index (κ3) is 3.91. The molecule has 14 heteroatoms. The van der Waals surface area contributed by atoms with Crippen LogP contribution in [0.2, 0.25) is 5.02 Å². The smallest absolute Gasteiger partial charge is 0.347 e. The number of fused-ring (bicyclic) bond motifs is 5. The molecule has 246 valence electrons. The molecule has 2 aliphatic heterocycles. The van der Waals surface area contributed by atoms with Crippen LogP contribution >= 0.6 is 22.9 Å². The molecule has 2 aromatic carbocycles. The summed E-state index contributed by atoms with van der Waals surface area (Å²) in [5.74, 6) is -1.93. The molecule has 0 radical (unpaired) electrons. The van der Waals surface area contributed by atoms with Crippen molar-refractivity contribution in [1.82, 2.24) is 23.7 Å². The number of anilines is 1. The van der Waals surface area contributed by atoms with Crippen LogP contribution in [0.4, 0.5) is 5.82 Å². The molecule has 1 saturated carbocycles. The number of phenols is 1. The minimum absolute atomic E-state index is 0.103. The number of nitrogens with zero attached hydrogens (tertiary/aromatic N) is 6. The van der Waals surface area contributed by atoms with Crippen LogP contribution < -0.4 is 21.0 Å². The maximum atomic E-state index is 14.9. The average Bonchev–Trinajstić information content (AvgIpc) is 3.72. The van der Waals surface area contributed by atoms with Crippen molar-refractivity contribution in [2.45, 2.75) is 38.8 Å². The minimum atomic E-state index is -1.35. The number of halogens is 1. The fourth-order valence-electron chi connectivity index (χ4n) is 8.06. The fraction of sp³-hybridized carbons (Fsp3) is 0.324. The van der Waals surface area contributed by atoms with Gasteiger partial charge in [-0.15, -0.1) is 11.3 Å². The van der Waals surface area contributed by atoms with Crippen molar-refractivity contribution < 1.29 is 19.4 Å². The van der Waals surface area contributed by atoms with Crippen LogP contribution in [-0.2, 0) is 30.2 Å². The van der Waals surface area contributed by atoms with Crippen LogP contribution in [0, 0.1) is 18.3 Å². The first-order chi connectivity index (χ1) is 22.9. The van der Waals surface area contributed by atoms with Gasteiger partial charge in [-0.1, -0.05) is 23.7 Å². The maximum absolute atomic E-state index is 14.9. The van der Waals surface area contributed by atoms with E-state index < -0.39 is 46.5 Å². The Labute approximate surface area is 282 Å². The lowest BCUT2D eigenvalue weighted by molar-refractivity contribution is -0.129. The Morgan fingerprint density at radius 3 is 2.56 bits per heavy atom. The summed E-state index contributed by atoms with van der Waals surface area (Å²) in [4.78, 5) is 57.9. The van der Waals surface area contributed by atoms with Crippen LogP contribution in [0.5, 0.6) is 11.5 Å². The van der Waals surface area contributed by atoms with Crippen molar-refractivity contribution in [1.29, 1.82) is 0 Å². The van der Waals surface area contributed by atoms with Crippen molar-refractivity contribution >= 4 is 50.7 Å². The highest BCUT2D eigenvalue weighted by atomic mass is 35.5. The number of amides is 2. The van der Waals surface area contributed by atoms with Crippen LogP contribution in [-0.4, -0.2) is 47.7 Å². The SMILES string of the molecule is COc1ccc([C@H]2C3=CCn4c(=O)n(C)c(=O)n4[C@@H]3C[C@H]3C(=O)N(c4cc(-c5sc6ccc(Cl)cc6c5C)nn4C)C(=O)[C@@]23C)c(O)c1. The number of hydrogen-bond acceptors (Lipinski definition) is 8. The highest BCUT2D eigenvalue weighted by Crippen LogP contribution is 2.62. The predicted octanol–water partition coefficient (Wildman–Crippen LogP) is 4.50. The van der Waals surface area contributed by atoms with Gasteiger partial charge in [-0.2, -0.15) is 5.10 Å². The van der Waals surface area contributed by atoms with Gasteiger partial charge in [-0.05, 0) is 61.1 Å². The molecule has 3 aromatic heterocycles. The van der Waals surface area contributed by atoms with E-state index in [9.17, 15) is 24.3 Å². The quantitative estimate of drug-likeness (QED) is 0.217. The summed E-state index contributed by atoms with van der Waals surface area (Å²) < 4.78 is 11.7. The van der Waals surface area contributed by atoms with Crippen LogP contribution in [0.25, 0.3) is 20.7 Å². The third-order valence-electron chi connectivity index (χ3n) is 10.5. The Balaban J connectivity index is 1.29. The number of benzene rings is 2. The first kappa shape index (κ1) is 30.5. The van der Waals surface area contributed by atoms with E-state index in [1.54, 1.807) is 43.5 Å². The van der Waals surface area contributed by atoms with Gasteiger partial charge in [-0.3, -0.25) is 14.3 Å². The van der Waals surface area contributed by atoms with Crippen molar-refractivity contribution in [3.8, 4) is 22.1 Å². The maximum Gasteiger partial charge on any atom is 0.347 e. The largest absolute Gasteiger partial charge is 0.508 e. The van der Waals surface area contributed by atoms with Gasteiger partial charge in [0.2, 0.25) is 11.8 Å². The van der Waals surface area contributed by atoms with Gasteiger partial charge >= 0.3 is 11.4 Å². The zero-order valence-corrected chi connectivity index (χ0v) is 28.3. The summed E-state index contributed by atoms with van der Waals surface area (Å²) >= 11 is 7.83.